The molecule has 0 heterocycles. The smallest absolute Gasteiger partial charge is 0.321 e. The van der Waals surface area contributed by atoms with E-state index >= 15 is 0 Å². The van der Waals surface area contributed by atoms with Crippen molar-refractivity contribution in [2.45, 2.75) is 16.4 Å². The third kappa shape index (κ3) is 4.47. The fourth-order valence-corrected chi connectivity index (χ4v) is 1.82. The summed E-state index contributed by atoms with van der Waals surface area (Å²) in [5.74, 6) is 0. The van der Waals surface area contributed by atoms with Crippen molar-refractivity contribution in [1.29, 1.82) is 0 Å². The van der Waals surface area contributed by atoms with Gasteiger partial charge in [-0.2, -0.15) is 13.2 Å². The standard InChI is InChI=1S/C10H10F3NS.ClH/c1-2-8(14)7-5-3-4-6-9(7)15-10(11,12)13;/h2-6,8H,1,14H2;1H/t8-;/m0./s1. The van der Waals surface area contributed by atoms with E-state index in [9.17, 15) is 13.2 Å². The van der Waals surface area contributed by atoms with E-state index in [0.717, 1.165) is 0 Å². The minimum atomic E-state index is -4.29. The molecule has 1 aromatic carbocycles. The molecular formula is C10H11ClF3NS. The highest BCUT2D eigenvalue weighted by molar-refractivity contribution is 8.00. The van der Waals surface area contributed by atoms with Crippen LogP contribution in [0.3, 0.4) is 0 Å². The van der Waals surface area contributed by atoms with Crippen molar-refractivity contribution in [2.24, 2.45) is 5.73 Å². The molecule has 0 saturated heterocycles. The minimum absolute atomic E-state index is 0. The fraction of sp³-hybridized carbons (Fsp3) is 0.200. The van der Waals surface area contributed by atoms with E-state index in [2.05, 4.69) is 6.58 Å². The Kier molecular flexibility index (Phi) is 5.92. The van der Waals surface area contributed by atoms with E-state index in [1.165, 1.54) is 12.1 Å². The molecule has 1 aromatic rings. The van der Waals surface area contributed by atoms with E-state index in [0.29, 0.717) is 5.56 Å². The molecule has 0 amide bonds. The van der Waals surface area contributed by atoms with Crippen molar-refractivity contribution in [3.63, 3.8) is 0 Å². The lowest BCUT2D eigenvalue weighted by molar-refractivity contribution is -0.0328. The van der Waals surface area contributed by atoms with Crippen molar-refractivity contribution < 1.29 is 13.2 Å². The number of hydrogen-bond donors (Lipinski definition) is 1. The van der Waals surface area contributed by atoms with E-state index in [4.69, 9.17) is 5.73 Å². The fourth-order valence-electron chi connectivity index (χ4n) is 1.10. The van der Waals surface area contributed by atoms with Gasteiger partial charge in [0.2, 0.25) is 0 Å². The van der Waals surface area contributed by atoms with Crippen LogP contribution in [0.5, 0.6) is 0 Å². The Morgan fingerprint density at radius 3 is 2.38 bits per heavy atom. The Hall–Kier alpha value is -0.650. The topological polar surface area (TPSA) is 26.0 Å². The molecule has 0 aliphatic carbocycles. The highest BCUT2D eigenvalue weighted by atomic mass is 35.5. The van der Waals surface area contributed by atoms with Gasteiger partial charge in [0, 0.05) is 10.9 Å². The largest absolute Gasteiger partial charge is 0.446 e. The summed E-state index contributed by atoms with van der Waals surface area (Å²) in [5, 5.41) is 0. The summed E-state index contributed by atoms with van der Waals surface area (Å²) in [6, 6.07) is 5.60. The van der Waals surface area contributed by atoms with E-state index < -0.39 is 11.6 Å². The summed E-state index contributed by atoms with van der Waals surface area (Å²) >= 11 is -0.157. The first kappa shape index (κ1) is 15.3. The van der Waals surface area contributed by atoms with Crippen molar-refractivity contribution in [2.75, 3.05) is 0 Å². The maximum absolute atomic E-state index is 12.2. The molecule has 0 fully saturated rings. The summed E-state index contributed by atoms with van der Waals surface area (Å²) < 4.78 is 36.6. The number of rotatable bonds is 3. The molecule has 1 rings (SSSR count). The maximum Gasteiger partial charge on any atom is 0.446 e. The van der Waals surface area contributed by atoms with Crippen LogP contribution in [0, 0.1) is 0 Å². The van der Waals surface area contributed by atoms with Gasteiger partial charge in [-0.3, -0.25) is 0 Å². The molecule has 0 bridgehead atoms. The Morgan fingerprint density at radius 1 is 1.31 bits per heavy atom. The Balaban J connectivity index is 0.00000225. The van der Waals surface area contributed by atoms with Crippen LogP contribution in [0.25, 0.3) is 0 Å². The zero-order valence-corrected chi connectivity index (χ0v) is 9.83. The molecule has 0 saturated carbocycles. The molecule has 0 unspecified atom stereocenters. The quantitative estimate of drug-likeness (QED) is 0.665. The van der Waals surface area contributed by atoms with E-state index in [1.54, 1.807) is 18.2 Å². The average Bonchev–Trinajstić information content (AvgIpc) is 2.15. The van der Waals surface area contributed by atoms with Gasteiger partial charge < -0.3 is 5.73 Å². The van der Waals surface area contributed by atoms with Gasteiger partial charge >= 0.3 is 5.51 Å². The van der Waals surface area contributed by atoms with Crippen LogP contribution in [0.15, 0.2) is 41.8 Å². The molecular weight excluding hydrogens is 259 g/mol. The third-order valence-electron chi connectivity index (χ3n) is 1.76. The first-order valence-corrected chi connectivity index (χ1v) is 4.98. The lowest BCUT2D eigenvalue weighted by Crippen LogP contribution is -2.09. The van der Waals surface area contributed by atoms with Gasteiger partial charge in [-0.25, -0.2) is 0 Å². The van der Waals surface area contributed by atoms with E-state index in [-0.39, 0.29) is 29.1 Å². The molecule has 0 aromatic heterocycles. The van der Waals surface area contributed by atoms with Crippen LogP contribution in [0.1, 0.15) is 11.6 Å². The maximum atomic E-state index is 12.2. The molecule has 6 heteroatoms. The second kappa shape index (κ2) is 6.18. The molecule has 1 nitrogen and oxygen atoms in total. The van der Waals surface area contributed by atoms with Crippen LogP contribution in [0.4, 0.5) is 13.2 Å². The SMILES string of the molecule is C=C[C@H](N)c1ccccc1SC(F)(F)F.Cl. The lowest BCUT2D eigenvalue weighted by atomic mass is 10.1. The Morgan fingerprint density at radius 2 is 1.88 bits per heavy atom. The second-order valence-corrected chi connectivity index (χ2v) is 3.95. The zero-order chi connectivity index (χ0) is 11.5. The highest BCUT2D eigenvalue weighted by Crippen LogP contribution is 2.39. The van der Waals surface area contributed by atoms with E-state index in [1.807, 2.05) is 0 Å². The van der Waals surface area contributed by atoms with Crippen molar-refractivity contribution in [1.82, 2.24) is 0 Å². The first-order valence-electron chi connectivity index (χ1n) is 4.17. The summed E-state index contributed by atoms with van der Waals surface area (Å²) in [6.07, 6.45) is 1.41. The van der Waals surface area contributed by atoms with Gasteiger partial charge in [0.25, 0.3) is 0 Å². The number of nitrogens with two attached hydrogens (primary N) is 1. The molecule has 2 N–H and O–H groups in total. The van der Waals surface area contributed by atoms with Gasteiger partial charge in [-0.1, -0.05) is 24.3 Å². The molecule has 0 radical (unpaired) electrons. The van der Waals surface area contributed by atoms with Crippen LogP contribution in [0.2, 0.25) is 0 Å². The second-order valence-electron chi connectivity index (χ2n) is 2.85. The van der Waals surface area contributed by atoms with Crippen molar-refractivity contribution >= 4 is 24.2 Å². The lowest BCUT2D eigenvalue weighted by Gasteiger charge is -2.13. The van der Waals surface area contributed by atoms with Crippen molar-refractivity contribution in [3.8, 4) is 0 Å². The van der Waals surface area contributed by atoms with Gasteiger partial charge in [0.1, 0.15) is 0 Å². The summed E-state index contributed by atoms with van der Waals surface area (Å²) in [7, 11) is 0. The summed E-state index contributed by atoms with van der Waals surface area (Å²) in [6.45, 7) is 3.46. The third-order valence-corrected chi connectivity index (χ3v) is 2.58. The van der Waals surface area contributed by atoms with Gasteiger partial charge in [-0.05, 0) is 23.4 Å². The predicted octanol–water partition coefficient (Wildman–Crippen LogP) is 3.91. The predicted molar refractivity (Wildman–Crippen MR) is 62.7 cm³/mol. The minimum Gasteiger partial charge on any atom is -0.321 e. The average molecular weight is 270 g/mol. The van der Waals surface area contributed by atoms with Crippen LogP contribution < -0.4 is 5.73 Å². The Labute approximate surface area is 102 Å². The molecule has 1 atom stereocenters. The number of hydrogen-bond acceptors (Lipinski definition) is 2. The zero-order valence-electron chi connectivity index (χ0n) is 8.20. The van der Waals surface area contributed by atoms with Crippen LogP contribution >= 0.6 is 24.2 Å². The van der Waals surface area contributed by atoms with Crippen LogP contribution in [-0.2, 0) is 0 Å². The monoisotopic (exact) mass is 269 g/mol. The molecule has 16 heavy (non-hydrogen) atoms. The summed E-state index contributed by atoms with van der Waals surface area (Å²) in [4.78, 5) is 0.123. The number of benzene rings is 1. The number of alkyl halides is 3. The van der Waals surface area contributed by atoms with Gasteiger partial charge in [0.15, 0.2) is 0 Å². The number of halogens is 4. The van der Waals surface area contributed by atoms with Crippen LogP contribution in [-0.4, -0.2) is 5.51 Å². The van der Waals surface area contributed by atoms with Crippen molar-refractivity contribution in [3.05, 3.63) is 42.5 Å². The molecule has 0 aliphatic heterocycles. The number of thioether (sulfide) groups is 1. The first-order chi connectivity index (χ1) is 6.94. The summed E-state index contributed by atoms with van der Waals surface area (Å²) in [5.41, 5.74) is 1.76. The highest BCUT2D eigenvalue weighted by Gasteiger charge is 2.30. The Bertz CT molecular complexity index is 354. The molecule has 0 spiro atoms. The molecule has 90 valence electrons. The molecule has 0 aliphatic rings. The van der Waals surface area contributed by atoms with Gasteiger partial charge in [0.05, 0.1) is 0 Å². The van der Waals surface area contributed by atoms with Gasteiger partial charge in [-0.15, -0.1) is 19.0 Å². The normalized spacial score (nSPS) is 12.8.